The first kappa shape index (κ1) is 12.5. The van der Waals surface area contributed by atoms with Crippen molar-refractivity contribution in [2.75, 3.05) is 5.32 Å². The molecule has 94 valence electrons. The van der Waals surface area contributed by atoms with Gasteiger partial charge in [-0.3, -0.25) is 4.79 Å². The van der Waals surface area contributed by atoms with Gasteiger partial charge < -0.3 is 11.1 Å². The monoisotopic (exact) mass is 265 g/mol. The Balaban J connectivity index is 2.28. The van der Waals surface area contributed by atoms with Crippen LogP contribution < -0.4 is 11.1 Å². The third kappa shape index (κ3) is 2.65. The number of rotatable bonds is 4. The van der Waals surface area contributed by atoms with Gasteiger partial charge in [-0.05, 0) is 25.1 Å². The number of halogens is 1. The maximum Gasteiger partial charge on any atom is 0.245 e. The van der Waals surface area contributed by atoms with Crippen LogP contribution in [0.2, 0.25) is 0 Å². The smallest absolute Gasteiger partial charge is 0.245 e. The summed E-state index contributed by atoms with van der Waals surface area (Å²) in [5.41, 5.74) is 8.26. The van der Waals surface area contributed by atoms with E-state index in [1.807, 2.05) is 0 Å². The van der Waals surface area contributed by atoms with Crippen molar-refractivity contribution in [3.8, 4) is 0 Å². The standard InChI is InChI=1S/C12H12FN3OS/c1-7-11(18-6-15-7)10(12(14)17)16-9-4-2-3-8(13)5-9/h2-6,10,16H,1H3,(H2,14,17). The fourth-order valence-electron chi connectivity index (χ4n) is 1.60. The van der Waals surface area contributed by atoms with Crippen molar-refractivity contribution in [2.45, 2.75) is 13.0 Å². The molecule has 0 aliphatic heterocycles. The zero-order valence-electron chi connectivity index (χ0n) is 9.68. The molecule has 0 saturated heterocycles. The van der Waals surface area contributed by atoms with Crippen LogP contribution in [0.15, 0.2) is 29.8 Å². The lowest BCUT2D eigenvalue weighted by Gasteiger charge is -2.15. The van der Waals surface area contributed by atoms with Crippen LogP contribution in [0.5, 0.6) is 0 Å². The van der Waals surface area contributed by atoms with Crippen molar-refractivity contribution in [3.63, 3.8) is 0 Å². The number of anilines is 1. The molecule has 0 fully saturated rings. The first-order valence-corrected chi connectivity index (χ1v) is 6.17. The van der Waals surface area contributed by atoms with Crippen LogP contribution >= 0.6 is 11.3 Å². The van der Waals surface area contributed by atoms with Crippen molar-refractivity contribution in [1.82, 2.24) is 4.98 Å². The number of hydrogen-bond donors (Lipinski definition) is 2. The van der Waals surface area contributed by atoms with Crippen LogP contribution in [0, 0.1) is 12.7 Å². The first-order valence-electron chi connectivity index (χ1n) is 5.29. The summed E-state index contributed by atoms with van der Waals surface area (Å²) in [6.45, 7) is 1.80. The minimum atomic E-state index is -0.695. The van der Waals surface area contributed by atoms with Gasteiger partial charge in [0.05, 0.1) is 16.1 Å². The van der Waals surface area contributed by atoms with E-state index in [0.717, 1.165) is 10.6 Å². The van der Waals surface area contributed by atoms with Crippen LogP contribution in [0.1, 0.15) is 16.6 Å². The Hall–Kier alpha value is -1.95. The maximum absolute atomic E-state index is 13.1. The third-order valence-electron chi connectivity index (χ3n) is 2.46. The largest absolute Gasteiger partial charge is 0.369 e. The van der Waals surface area contributed by atoms with Crippen LogP contribution in [0.3, 0.4) is 0 Å². The van der Waals surface area contributed by atoms with Gasteiger partial charge in [-0.2, -0.15) is 0 Å². The molecule has 2 aromatic rings. The SMILES string of the molecule is Cc1ncsc1C(Nc1cccc(F)c1)C(N)=O. The van der Waals surface area contributed by atoms with Gasteiger partial charge in [-0.25, -0.2) is 9.37 Å². The van der Waals surface area contributed by atoms with E-state index >= 15 is 0 Å². The zero-order valence-corrected chi connectivity index (χ0v) is 10.5. The Kier molecular flexibility index (Phi) is 3.57. The van der Waals surface area contributed by atoms with E-state index in [9.17, 15) is 9.18 Å². The number of nitrogens with zero attached hydrogens (tertiary/aromatic N) is 1. The number of carbonyl (C=O) groups is 1. The van der Waals surface area contributed by atoms with E-state index in [1.165, 1.54) is 23.5 Å². The molecule has 3 N–H and O–H groups in total. The maximum atomic E-state index is 13.1. The lowest BCUT2D eigenvalue weighted by atomic mass is 10.2. The number of aromatic nitrogens is 1. The summed E-state index contributed by atoms with van der Waals surface area (Å²) in [5.74, 6) is -0.893. The molecule has 0 aliphatic rings. The molecule has 0 aliphatic carbocycles. The first-order chi connectivity index (χ1) is 8.58. The molecule has 1 aromatic heterocycles. The highest BCUT2D eigenvalue weighted by molar-refractivity contribution is 7.10. The second-order valence-electron chi connectivity index (χ2n) is 3.79. The van der Waals surface area contributed by atoms with E-state index < -0.39 is 11.9 Å². The van der Waals surface area contributed by atoms with Gasteiger partial charge in [0.25, 0.3) is 0 Å². The number of nitrogens with one attached hydrogen (secondary N) is 1. The molecule has 0 saturated carbocycles. The van der Waals surface area contributed by atoms with Crippen LogP contribution in [-0.4, -0.2) is 10.9 Å². The molecule has 2 rings (SSSR count). The van der Waals surface area contributed by atoms with E-state index in [4.69, 9.17) is 5.73 Å². The molecule has 1 unspecified atom stereocenters. The Morgan fingerprint density at radius 3 is 2.89 bits per heavy atom. The molecular formula is C12H12FN3OS. The molecule has 4 nitrogen and oxygen atoms in total. The lowest BCUT2D eigenvalue weighted by Crippen LogP contribution is -2.27. The van der Waals surface area contributed by atoms with E-state index in [1.54, 1.807) is 24.6 Å². The van der Waals surface area contributed by atoms with Crippen molar-refractivity contribution < 1.29 is 9.18 Å². The summed E-state index contributed by atoms with van der Waals surface area (Å²) in [5, 5.41) is 2.92. The number of thiazole rings is 1. The van der Waals surface area contributed by atoms with E-state index in [0.29, 0.717) is 5.69 Å². The second-order valence-corrected chi connectivity index (χ2v) is 4.68. The average Bonchev–Trinajstić information content (AvgIpc) is 2.72. The van der Waals surface area contributed by atoms with Gasteiger partial charge in [-0.1, -0.05) is 6.07 Å². The molecule has 6 heteroatoms. The Bertz CT molecular complexity index is 570. The molecule has 18 heavy (non-hydrogen) atoms. The number of carbonyl (C=O) groups excluding carboxylic acids is 1. The van der Waals surface area contributed by atoms with Crippen LogP contribution in [-0.2, 0) is 4.79 Å². The summed E-state index contributed by atoms with van der Waals surface area (Å²) in [6, 6.07) is 5.19. The molecule has 1 amide bonds. The number of nitrogens with two attached hydrogens (primary N) is 1. The summed E-state index contributed by atoms with van der Waals surface area (Å²) in [6.07, 6.45) is 0. The third-order valence-corrected chi connectivity index (χ3v) is 3.46. The Morgan fingerprint density at radius 2 is 2.33 bits per heavy atom. The fourth-order valence-corrected chi connectivity index (χ4v) is 2.46. The summed E-state index contributed by atoms with van der Waals surface area (Å²) in [4.78, 5) is 16.3. The minimum absolute atomic E-state index is 0.371. The molecule has 1 aromatic carbocycles. The Labute approximate surface area is 108 Å². The summed E-state index contributed by atoms with van der Waals surface area (Å²) in [7, 11) is 0. The highest BCUT2D eigenvalue weighted by atomic mass is 32.1. The normalized spacial score (nSPS) is 12.1. The quantitative estimate of drug-likeness (QED) is 0.890. The fraction of sp³-hybridized carbons (Fsp3) is 0.167. The van der Waals surface area contributed by atoms with Gasteiger partial charge >= 0.3 is 0 Å². The Morgan fingerprint density at radius 1 is 1.56 bits per heavy atom. The molecule has 1 heterocycles. The molecule has 1 atom stereocenters. The number of aryl methyl sites for hydroxylation is 1. The molecule has 0 spiro atoms. The predicted octanol–water partition coefficient (Wildman–Crippen LogP) is 2.23. The molecular weight excluding hydrogens is 253 g/mol. The zero-order chi connectivity index (χ0) is 13.1. The molecule has 0 radical (unpaired) electrons. The van der Waals surface area contributed by atoms with Crippen LogP contribution in [0.25, 0.3) is 0 Å². The van der Waals surface area contributed by atoms with Crippen molar-refractivity contribution in [1.29, 1.82) is 0 Å². The second kappa shape index (κ2) is 5.14. The van der Waals surface area contributed by atoms with E-state index in [-0.39, 0.29) is 5.82 Å². The van der Waals surface area contributed by atoms with E-state index in [2.05, 4.69) is 10.3 Å². The lowest BCUT2D eigenvalue weighted by molar-refractivity contribution is -0.118. The van der Waals surface area contributed by atoms with Crippen molar-refractivity contribution in [3.05, 3.63) is 46.2 Å². The van der Waals surface area contributed by atoms with Crippen molar-refractivity contribution >= 4 is 22.9 Å². The summed E-state index contributed by atoms with van der Waals surface area (Å²) < 4.78 is 13.1. The van der Waals surface area contributed by atoms with Crippen molar-refractivity contribution in [2.24, 2.45) is 5.73 Å². The molecule has 0 bridgehead atoms. The number of hydrogen-bond acceptors (Lipinski definition) is 4. The number of benzene rings is 1. The average molecular weight is 265 g/mol. The van der Waals surface area contributed by atoms with Gasteiger partial charge in [0.1, 0.15) is 11.9 Å². The van der Waals surface area contributed by atoms with Crippen LogP contribution in [0.4, 0.5) is 10.1 Å². The van der Waals surface area contributed by atoms with Gasteiger partial charge in [0.15, 0.2) is 0 Å². The topological polar surface area (TPSA) is 68.0 Å². The van der Waals surface area contributed by atoms with Gasteiger partial charge in [0, 0.05) is 5.69 Å². The highest BCUT2D eigenvalue weighted by Crippen LogP contribution is 2.25. The highest BCUT2D eigenvalue weighted by Gasteiger charge is 2.21. The number of amides is 1. The summed E-state index contributed by atoms with van der Waals surface area (Å²) >= 11 is 1.34. The number of primary amides is 1. The predicted molar refractivity (Wildman–Crippen MR) is 68.8 cm³/mol. The minimum Gasteiger partial charge on any atom is -0.369 e. The van der Waals surface area contributed by atoms with Gasteiger partial charge in [0.2, 0.25) is 5.91 Å². The van der Waals surface area contributed by atoms with Gasteiger partial charge in [-0.15, -0.1) is 11.3 Å².